The number of carbonyl (C=O) groups excluding carboxylic acids is 1. The molecule has 3 N–H and O–H groups in total. The largest absolute Gasteiger partial charge is 0.506 e. The first kappa shape index (κ1) is 15.4. The number of amides is 1. The fourth-order valence-electron chi connectivity index (χ4n) is 1.83. The van der Waals surface area contributed by atoms with Crippen LogP contribution in [0.5, 0.6) is 5.75 Å². The van der Waals surface area contributed by atoms with Crippen molar-refractivity contribution >= 4 is 39.7 Å². The molecule has 0 aliphatic carbocycles. The summed E-state index contributed by atoms with van der Waals surface area (Å²) in [7, 11) is 0. The highest BCUT2D eigenvalue weighted by molar-refractivity contribution is 7.13. The minimum absolute atomic E-state index is 0.0610. The number of phenolic OH excluding ortho intramolecular Hbond substituents is 1. The van der Waals surface area contributed by atoms with Gasteiger partial charge in [0.15, 0.2) is 5.13 Å². The van der Waals surface area contributed by atoms with Crippen molar-refractivity contribution in [3.8, 4) is 5.75 Å². The number of benzene rings is 1. The van der Waals surface area contributed by atoms with Gasteiger partial charge < -0.3 is 20.2 Å². The predicted molar refractivity (Wildman–Crippen MR) is 89.2 cm³/mol. The highest BCUT2D eigenvalue weighted by Gasteiger charge is 2.13. The predicted octanol–water partition coefficient (Wildman–Crippen LogP) is 3.96. The van der Waals surface area contributed by atoms with Crippen LogP contribution in [0.3, 0.4) is 0 Å². The van der Waals surface area contributed by atoms with Gasteiger partial charge in [-0.1, -0.05) is 11.6 Å². The van der Waals surface area contributed by atoms with Crippen molar-refractivity contribution in [2.45, 2.75) is 6.54 Å². The Morgan fingerprint density at radius 1 is 1.39 bits per heavy atom. The molecule has 2 heterocycles. The third kappa shape index (κ3) is 3.82. The van der Waals surface area contributed by atoms with Gasteiger partial charge in [-0.05, 0) is 30.3 Å². The number of thiazole rings is 1. The van der Waals surface area contributed by atoms with Crippen molar-refractivity contribution in [3.63, 3.8) is 0 Å². The first-order valence-electron chi connectivity index (χ1n) is 6.63. The Bertz CT molecular complexity index is 817. The highest BCUT2D eigenvalue weighted by atomic mass is 35.5. The number of anilines is 2. The summed E-state index contributed by atoms with van der Waals surface area (Å²) in [5.74, 6) is 0.286. The van der Waals surface area contributed by atoms with Gasteiger partial charge in [0.05, 0.1) is 18.5 Å². The van der Waals surface area contributed by atoms with Crippen molar-refractivity contribution in [2.75, 3.05) is 10.6 Å². The van der Waals surface area contributed by atoms with Crippen molar-refractivity contribution in [1.29, 1.82) is 0 Å². The van der Waals surface area contributed by atoms with E-state index in [0.717, 1.165) is 5.76 Å². The van der Waals surface area contributed by atoms with E-state index in [9.17, 15) is 9.90 Å². The summed E-state index contributed by atoms with van der Waals surface area (Å²) in [6, 6.07) is 8.06. The maximum Gasteiger partial charge on any atom is 0.275 e. The number of rotatable bonds is 5. The summed E-state index contributed by atoms with van der Waals surface area (Å²) >= 11 is 7.15. The molecule has 6 nitrogen and oxygen atoms in total. The zero-order valence-corrected chi connectivity index (χ0v) is 13.3. The van der Waals surface area contributed by atoms with Crippen molar-refractivity contribution in [2.24, 2.45) is 0 Å². The number of halogens is 1. The lowest BCUT2D eigenvalue weighted by Gasteiger charge is -2.06. The molecule has 0 aliphatic heterocycles. The maximum atomic E-state index is 12.2. The highest BCUT2D eigenvalue weighted by Crippen LogP contribution is 2.27. The van der Waals surface area contributed by atoms with Crippen LogP contribution < -0.4 is 10.6 Å². The Morgan fingerprint density at radius 2 is 2.26 bits per heavy atom. The van der Waals surface area contributed by atoms with E-state index < -0.39 is 5.91 Å². The molecule has 3 aromatic rings. The molecule has 0 saturated carbocycles. The summed E-state index contributed by atoms with van der Waals surface area (Å²) in [5.41, 5.74) is 0.483. The lowest BCUT2D eigenvalue weighted by molar-refractivity contribution is 0.102. The van der Waals surface area contributed by atoms with Gasteiger partial charge in [0.1, 0.15) is 17.2 Å². The van der Waals surface area contributed by atoms with Gasteiger partial charge in [-0.2, -0.15) is 0 Å². The summed E-state index contributed by atoms with van der Waals surface area (Å²) in [6.07, 6.45) is 1.59. The van der Waals surface area contributed by atoms with Crippen LogP contribution in [0.25, 0.3) is 0 Å². The van der Waals surface area contributed by atoms with E-state index in [4.69, 9.17) is 16.0 Å². The normalized spacial score (nSPS) is 10.5. The number of carbonyl (C=O) groups is 1. The lowest BCUT2D eigenvalue weighted by Crippen LogP contribution is -2.12. The first-order chi connectivity index (χ1) is 11.1. The molecule has 0 unspecified atom stereocenters. The topological polar surface area (TPSA) is 87.4 Å². The van der Waals surface area contributed by atoms with E-state index in [0.29, 0.717) is 16.7 Å². The maximum absolute atomic E-state index is 12.2. The van der Waals surface area contributed by atoms with Gasteiger partial charge in [-0.15, -0.1) is 11.3 Å². The van der Waals surface area contributed by atoms with Crippen LogP contribution in [0.15, 0.2) is 46.4 Å². The van der Waals surface area contributed by atoms with Crippen LogP contribution in [-0.4, -0.2) is 16.0 Å². The molecule has 8 heteroatoms. The van der Waals surface area contributed by atoms with E-state index in [1.54, 1.807) is 17.7 Å². The SMILES string of the molecule is O=C(Nc1cc(Cl)ccc1O)c1csc(NCc2ccco2)n1. The van der Waals surface area contributed by atoms with Crippen molar-refractivity contribution in [3.05, 3.63) is 58.5 Å². The minimum Gasteiger partial charge on any atom is -0.506 e. The molecule has 0 spiro atoms. The Hall–Kier alpha value is -2.51. The number of aromatic hydroxyl groups is 1. The number of aromatic nitrogens is 1. The number of nitrogens with one attached hydrogen (secondary N) is 2. The summed E-state index contributed by atoms with van der Waals surface area (Å²) in [6.45, 7) is 0.483. The van der Waals surface area contributed by atoms with Crippen LogP contribution in [0, 0.1) is 0 Å². The van der Waals surface area contributed by atoms with Gasteiger partial charge in [-0.25, -0.2) is 4.98 Å². The Balaban J connectivity index is 1.65. The summed E-state index contributed by atoms with van der Waals surface area (Å²) in [5, 5.41) is 18.0. The molecule has 0 atom stereocenters. The molecule has 3 rings (SSSR count). The molecule has 1 aromatic carbocycles. The van der Waals surface area contributed by atoms with Gasteiger partial charge in [0.2, 0.25) is 0 Å². The number of nitrogens with zero attached hydrogens (tertiary/aromatic N) is 1. The second kappa shape index (κ2) is 6.72. The Kier molecular flexibility index (Phi) is 4.50. The smallest absolute Gasteiger partial charge is 0.275 e. The van der Waals surface area contributed by atoms with E-state index in [1.807, 2.05) is 6.07 Å². The summed E-state index contributed by atoms with van der Waals surface area (Å²) in [4.78, 5) is 16.4. The third-order valence-corrected chi connectivity index (χ3v) is 3.97. The minimum atomic E-state index is -0.426. The quantitative estimate of drug-likeness (QED) is 0.607. The van der Waals surface area contributed by atoms with Crippen LogP contribution in [0.2, 0.25) is 5.02 Å². The molecule has 1 amide bonds. The van der Waals surface area contributed by atoms with Crippen molar-refractivity contribution < 1.29 is 14.3 Å². The van der Waals surface area contributed by atoms with E-state index in [2.05, 4.69) is 15.6 Å². The van der Waals surface area contributed by atoms with E-state index >= 15 is 0 Å². The second-order valence-electron chi connectivity index (χ2n) is 4.59. The fraction of sp³-hybridized carbons (Fsp3) is 0.0667. The summed E-state index contributed by atoms with van der Waals surface area (Å²) < 4.78 is 5.21. The molecule has 0 saturated heterocycles. The zero-order valence-electron chi connectivity index (χ0n) is 11.7. The number of phenols is 1. The molecule has 118 valence electrons. The molecule has 23 heavy (non-hydrogen) atoms. The zero-order chi connectivity index (χ0) is 16.2. The third-order valence-electron chi connectivity index (χ3n) is 2.94. The first-order valence-corrected chi connectivity index (χ1v) is 7.89. The average Bonchev–Trinajstić information content (AvgIpc) is 3.20. The molecular weight excluding hydrogens is 338 g/mol. The fourth-order valence-corrected chi connectivity index (χ4v) is 2.69. The number of hydrogen-bond acceptors (Lipinski definition) is 6. The molecule has 0 bridgehead atoms. The van der Waals surface area contributed by atoms with Crippen LogP contribution in [0.1, 0.15) is 16.2 Å². The number of furan rings is 1. The van der Waals surface area contributed by atoms with Crippen LogP contribution >= 0.6 is 22.9 Å². The van der Waals surface area contributed by atoms with Gasteiger partial charge in [0.25, 0.3) is 5.91 Å². The molecular formula is C15H12ClN3O3S. The van der Waals surface area contributed by atoms with Crippen LogP contribution in [0.4, 0.5) is 10.8 Å². The van der Waals surface area contributed by atoms with Crippen molar-refractivity contribution in [1.82, 2.24) is 4.98 Å². The van der Waals surface area contributed by atoms with E-state index in [-0.39, 0.29) is 17.1 Å². The van der Waals surface area contributed by atoms with Gasteiger partial charge >= 0.3 is 0 Å². The lowest BCUT2D eigenvalue weighted by atomic mass is 10.3. The Labute approximate surface area is 140 Å². The van der Waals surface area contributed by atoms with Gasteiger partial charge in [0, 0.05) is 10.4 Å². The van der Waals surface area contributed by atoms with Crippen LogP contribution in [-0.2, 0) is 6.54 Å². The molecule has 2 aromatic heterocycles. The molecule has 0 fully saturated rings. The molecule has 0 radical (unpaired) electrons. The second-order valence-corrected chi connectivity index (χ2v) is 5.88. The standard InChI is InChI=1S/C15H12ClN3O3S/c16-9-3-4-13(20)11(6-9)18-14(21)12-8-23-15(19-12)17-7-10-2-1-5-22-10/h1-6,8,20H,7H2,(H,17,19)(H,18,21). The Morgan fingerprint density at radius 3 is 3.04 bits per heavy atom. The van der Waals surface area contributed by atoms with Gasteiger partial charge in [-0.3, -0.25) is 4.79 Å². The molecule has 0 aliphatic rings. The average molecular weight is 350 g/mol. The monoisotopic (exact) mass is 349 g/mol. The van der Waals surface area contributed by atoms with E-state index in [1.165, 1.54) is 29.5 Å². The number of hydrogen-bond donors (Lipinski definition) is 3.